The Bertz CT molecular complexity index is 1840. The molecule has 0 aliphatic rings. The molecular formula is C43H42N2. The molecule has 6 rings (SSSR count). The highest BCUT2D eigenvalue weighted by Crippen LogP contribution is 2.42. The molecular weight excluding hydrogens is 544 g/mol. The first kappa shape index (κ1) is 30.0. The zero-order chi connectivity index (χ0) is 31.4. The molecule has 6 aromatic carbocycles. The van der Waals surface area contributed by atoms with Gasteiger partial charge in [-0.1, -0.05) is 111 Å². The van der Waals surface area contributed by atoms with E-state index in [0.29, 0.717) is 5.92 Å². The Morgan fingerprint density at radius 3 is 1.36 bits per heavy atom. The topological polar surface area (TPSA) is 6.48 Å². The fourth-order valence-electron chi connectivity index (χ4n) is 6.13. The molecule has 0 bridgehead atoms. The maximum atomic E-state index is 2.40. The monoisotopic (exact) mass is 586 g/mol. The van der Waals surface area contributed by atoms with E-state index in [9.17, 15) is 0 Å². The van der Waals surface area contributed by atoms with E-state index >= 15 is 0 Å². The van der Waals surface area contributed by atoms with Gasteiger partial charge in [-0.05, 0) is 108 Å². The number of allylic oxidation sites excluding steroid dienone is 2. The minimum atomic E-state index is 0.121. The van der Waals surface area contributed by atoms with Crippen molar-refractivity contribution >= 4 is 44.9 Å². The highest BCUT2D eigenvalue weighted by atomic mass is 15.2. The van der Waals surface area contributed by atoms with Crippen LogP contribution in [-0.4, -0.2) is 0 Å². The lowest BCUT2D eigenvalue weighted by atomic mass is 9.75. The Morgan fingerprint density at radius 1 is 0.467 bits per heavy atom. The van der Waals surface area contributed by atoms with Crippen LogP contribution in [0.5, 0.6) is 0 Å². The van der Waals surface area contributed by atoms with Gasteiger partial charge in [0.1, 0.15) is 0 Å². The second-order valence-electron chi connectivity index (χ2n) is 13.1. The minimum absolute atomic E-state index is 0.121. The quantitative estimate of drug-likeness (QED) is 0.164. The fraction of sp³-hybridized carbons (Fsp3) is 0.163. The van der Waals surface area contributed by atoms with Crippen LogP contribution in [0.4, 0.5) is 34.1 Å². The summed E-state index contributed by atoms with van der Waals surface area (Å²) in [4.78, 5) is 4.66. The number of benzene rings is 6. The number of hydrogen-bond acceptors (Lipinski definition) is 2. The largest absolute Gasteiger partial charge is 0.311 e. The van der Waals surface area contributed by atoms with Crippen molar-refractivity contribution in [3.63, 3.8) is 0 Å². The summed E-state index contributed by atoms with van der Waals surface area (Å²) in [5.74, 6) is 0.340. The molecule has 0 amide bonds. The molecule has 224 valence electrons. The van der Waals surface area contributed by atoms with E-state index in [0.717, 1.165) is 34.1 Å². The Morgan fingerprint density at radius 2 is 0.867 bits per heavy atom. The summed E-state index contributed by atoms with van der Waals surface area (Å²) in [7, 11) is 0. The summed E-state index contributed by atoms with van der Waals surface area (Å²) in [5.41, 5.74) is 9.55. The third-order valence-corrected chi connectivity index (χ3v) is 8.33. The van der Waals surface area contributed by atoms with Crippen LogP contribution in [0.3, 0.4) is 0 Å². The summed E-state index contributed by atoms with van der Waals surface area (Å²) < 4.78 is 0. The van der Waals surface area contributed by atoms with E-state index in [-0.39, 0.29) is 5.41 Å². The van der Waals surface area contributed by atoms with Crippen molar-refractivity contribution in [2.24, 2.45) is 5.41 Å². The molecule has 0 spiro atoms. The van der Waals surface area contributed by atoms with Crippen molar-refractivity contribution in [3.05, 3.63) is 169 Å². The zero-order valence-electron chi connectivity index (χ0n) is 27.0. The molecule has 0 aliphatic carbocycles. The first-order valence-corrected chi connectivity index (χ1v) is 15.8. The number of hydrogen-bond donors (Lipinski definition) is 0. The van der Waals surface area contributed by atoms with Crippen LogP contribution in [0, 0.1) is 5.41 Å². The van der Waals surface area contributed by atoms with Crippen molar-refractivity contribution in [1.82, 2.24) is 0 Å². The third kappa shape index (κ3) is 6.71. The van der Waals surface area contributed by atoms with Gasteiger partial charge in [0, 0.05) is 40.0 Å². The van der Waals surface area contributed by atoms with E-state index < -0.39 is 0 Å². The number of anilines is 6. The summed E-state index contributed by atoms with van der Waals surface area (Å²) in [6, 6.07) is 54.5. The molecule has 2 heteroatoms. The third-order valence-electron chi connectivity index (χ3n) is 8.33. The van der Waals surface area contributed by atoms with Crippen LogP contribution in [0.15, 0.2) is 163 Å². The normalized spacial score (nSPS) is 12.0. The molecule has 0 saturated heterocycles. The van der Waals surface area contributed by atoms with Crippen LogP contribution in [-0.2, 0) is 0 Å². The second-order valence-corrected chi connectivity index (χ2v) is 13.1. The molecule has 0 aromatic heterocycles. The van der Waals surface area contributed by atoms with Crippen molar-refractivity contribution in [2.75, 3.05) is 9.80 Å². The predicted octanol–water partition coefficient (Wildman–Crippen LogP) is 12.9. The van der Waals surface area contributed by atoms with Gasteiger partial charge >= 0.3 is 0 Å². The molecule has 0 heterocycles. The van der Waals surface area contributed by atoms with E-state index in [1.54, 1.807) is 0 Å². The van der Waals surface area contributed by atoms with Gasteiger partial charge in [0.2, 0.25) is 0 Å². The summed E-state index contributed by atoms with van der Waals surface area (Å²) in [6.45, 7) is 11.3. The van der Waals surface area contributed by atoms with Crippen LogP contribution in [0.1, 0.15) is 46.1 Å². The first-order valence-electron chi connectivity index (χ1n) is 15.8. The smallest absolute Gasteiger partial charge is 0.0468 e. The summed E-state index contributed by atoms with van der Waals surface area (Å²) in [5, 5.41) is 2.46. The van der Waals surface area contributed by atoms with Crippen LogP contribution < -0.4 is 9.80 Å². The molecule has 0 aliphatic heterocycles. The van der Waals surface area contributed by atoms with Gasteiger partial charge in [0.25, 0.3) is 0 Å². The Kier molecular flexibility index (Phi) is 8.58. The van der Waals surface area contributed by atoms with Gasteiger partial charge < -0.3 is 9.80 Å². The van der Waals surface area contributed by atoms with E-state index in [2.05, 4.69) is 202 Å². The van der Waals surface area contributed by atoms with Crippen molar-refractivity contribution in [2.45, 2.75) is 40.5 Å². The molecule has 0 radical (unpaired) electrons. The van der Waals surface area contributed by atoms with Crippen molar-refractivity contribution in [1.29, 1.82) is 0 Å². The number of rotatable bonds is 8. The van der Waals surface area contributed by atoms with Gasteiger partial charge in [0.05, 0.1) is 0 Å². The van der Waals surface area contributed by atoms with E-state index in [1.807, 2.05) is 0 Å². The summed E-state index contributed by atoms with van der Waals surface area (Å²) >= 11 is 0. The predicted molar refractivity (Wildman–Crippen MR) is 195 cm³/mol. The molecule has 0 N–H and O–H groups in total. The van der Waals surface area contributed by atoms with Crippen molar-refractivity contribution in [3.8, 4) is 0 Å². The molecule has 45 heavy (non-hydrogen) atoms. The van der Waals surface area contributed by atoms with E-state index in [1.165, 1.54) is 21.9 Å². The standard InChI is InChI=1S/C43H42N2/c1-32(2)30-42(43(3,4)5)34-21-23-38(24-22-34)45(41-25-20-33-14-12-13-15-35(33)31-41)40-28-26-39(27-29-40)44(36-16-8-6-9-17-36)37-18-10-7-11-19-37/h6-31,42H,1-5H3. The molecule has 0 saturated carbocycles. The van der Waals surface area contributed by atoms with Crippen molar-refractivity contribution < 1.29 is 0 Å². The Balaban J connectivity index is 1.43. The second kappa shape index (κ2) is 12.9. The SMILES string of the molecule is CC(C)=CC(c1ccc(N(c2ccc(N(c3ccccc3)c3ccccc3)cc2)c2ccc3ccccc3c2)cc1)C(C)(C)C. The molecule has 0 fully saturated rings. The highest BCUT2D eigenvalue weighted by molar-refractivity contribution is 5.89. The average Bonchev–Trinajstić information content (AvgIpc) is 3.05. The lowest BCUT2D eigenvalue weighted by Crippen LogP contribution is -2.17. The van der Waals surface area contributed by atoms with Gasteiger partial charge in [-0.3, -0.25) is 0 Å². The average molecular weight is 587 g/mol. The van der Waals surface area contributed by atoms with Gasteiger partial charge in [-0.2, -0.15) is 0 Å². The van der Waals surface area contributed by atoms with Crippen LogP contribution >= 0.6 is 0 Å². The van der Waals surface area contributed by atoms with Crippen LogP contribution in [0.2, 0.25) is 0 Å². The number of fused-ring (bicyclic) bond motifs is 1. The molecule has 2 nitrogen and oxygen atoms in total. The van der Waals surface area contributed by atoms with Gasteiger partial charge in [0.15, 0.2) is 0 Å². The van der Waals surface area contributed by atoms with Gasteiger partial charge in [-0.25, -0.2) is 0 Å². The summed E-state index contributed by atoms with van der Waals surface area (Å²) in [6.07, 6.45) is 2.40. The Hall–Kier alpha value is -5.08. The lowest BCUT2D eigenvalue weighted by molar-refractivity contribution is 0.365. The van der Waals surface area contributed by atoms with Gasteiger partial charge in [-0.15, -0.1) is 0 Å². The maximum absolute atomic E-state index is 2.40. The van der Waals surface area contributed by atoms with Crippen LogP contribution in [0.25, 0.3) is 10.8 Å². The first-order chi connectivity index (χ1) is 21.8. The Labute approximate surface area is 268 Å². The number of nitrogens with zero attached hydrogens (tertiary/aromatic N) is 2. The maximum Gasteiger partial charge on any atom is 0.0468 e. The van der Waals surface area contributed by atoms with E-state index in [4.69, 9.17) is 0 Å². The molecule has 1 atom stereocenters. The highest BCUT2D eigenvalue weighted by Gasteiger charge is 2.25. The molecule has 1 unspecified atom stereocenters. The fourth-order valence-corrected chi connectivity index (χ4v) is 6.13. The number of para-hydroxylation sites is 2. The lowest BCUT2D eigenvalue weighted by Gasteiger charge is -2.31. The minimum Gasteiger partial charge on any atom is -0.311 e. The zero-order valence-corrected chi connectivity index (χ0v) is 27.0. The molecule has 6 aromatic rings.